The molecular formula is C12H18BrNO2S2. The molecule has 18 heavy (non-hydrogen) atoms. The number of nitrogens with zero attached hydrogens (tertiary/aromatic N) is 1. The highest BCUT2D eigenvalue weighted by Gasteiger charge is 2.37. The lowest BCUT2D eigenvalue weighted by Gasteiger charge is -2.39. The van der Waals surface area contributed by atoms with Crippen molar-refractivity contribution in [2.75, 3.05) is 6.54 Å². The molecule has 0 N–H and O–H groups in total. The van der Waals surface area contributed by atoms with E-state index < -0.39 is 10.0 Å². The van der Waals surface area contributed by atoms with Crippen LogP contribution in [0.3, 0.4) is 0 Å². The predicted octanol–water partition coefficient (Wildman–Crippen LogP) is 3.57. The van der Waals surface area contributed by atoms with Gasteiger partial charge >= 0.3 is 0 Å². The lowest BCUT2D eigenvalue weighted by molar-refractivity contribution is 0.157. The minimum Gasteiger partial charge on any atom is -0.206 e. The predicted molar refractivity (Wildman–Crippen MR) is 78.3 cm³/mol. The first-order valence-electron chi connectivity index (χ1n) is 6.09. The molecule has 1 aliphatic heterocycles. The van der Waals surface area contributed by atoms with Crippen molar-refractivity contribution in [2.24, 2.45) is 11.8 Å². The van der Waals surface area contributed by atoms with Crippen LogP contribution in [-0.2, 0) is 10.0 Å². The van der Waals surface area contributed by atoms with Crippen LogP contribution in [0.2, 0.25) is 0 Å². The van der Waals surface area contributed by atoms with Crippen molar-refractivity contribution >= 4 is 37.3 Å². The molecular weight excluding hydrogens is 334 g/mol. The van der Waals surface area contributed by atoms with Crippen LogP contribution in [0.1, 0.15) is 27.2 Å². The van der Waals surface area contributed by atoms with E-state index in [1.54, 1.807) is 16.4 Å². The number of hydrogen-bond acceptors (Lipinski definition) is 3. The summed E-state index contributed by atoms with van der Waals surface area (Å²) in [7, 11) is -3.33. The quantitative estimate of drug-likeness (QED) is 0.816. The summed E-state index contributed by atoms with van der Waals surface area (Å²) in [5, 5.41) is 0. The summed E-state index contributed by atoms with van der Waals surface area (Å²) < 4.78 is 28.2. The molecule has 0 spiro atoms. The third kappa shape index (κ3) is 2.66. The van der Waals surface area contributed by atoms with E-state index in [0.717, 1.165) is 10.2 Å². The number of sulfonamides is 1. The molecule has 1 fully saturated rings. The minimum absolute atomic E-state index is 0.0760. The zero-order valence-corrected chi connectivity index (χ0v) is 14.0. The smallest absolute Gasteiger partial charge is 0.206 e. The van der Waals surface area contributed by atoms with E-state index in [9.17, 15) is 8.42 Å². The minimum atomic E-state index is -3.33. The Morgan fingerprint density at radius 2 is 2.00 bits per heavy atom. The van der Waals surface area contributed by atoms with Gasteiger partial charge in [0.25, 0.3) is 10.0 Å². The third-order valence-corrected chi connectivity index (χ3v) is 7.70. The highest BCUT2D eigenvalue weighted by molar-refractivity contribution is 9.11. The molecule has 1 saturated heterocycles. The molecule has 2 heterocycles. The SMILES string of the molecule is CC1CC(C)C(C)N(S(=O)(=O)c2ccc(Br)s2)C1. The first-order valence-corrected chi connectivity index (χ1v) is 9.14. The fourth-order valence-corrected chi connectivity index (χ4v) is 6.52. The second-order valence-electron chi connectivity index (χ2n) is 5.19. The lowest BCUT2D eigenvalue weighted by atomic mass is 9.88. The normalized spacial score (nSPS) is 30.6. The van der Waals surface area contributed by atoms with Crippen molar-refractivity contribution in [3.8, 4) is 0 Å². The van der Waals surface area contributed by atoms with Gasteiger partial charge in [-0.2, -0.15) is 4.31 Å². The standard InChI is InChI=1S/C12H18BrNO2S2/c1-8-6-9(2)10(3)14(7-8)18(15,16)12-5-4-11(13)17-12/h4-5,8-10H,6-7H2,1-3H3. The molecule has 0 bridgehead atoms. The number of hydrogen-bond donors (Lipinski definition) is 0. The third-order valence-electron chi connectivity index (χ3n) is 3.66. The molecule has 6 heteroatoms. The maximum absolute atomic E-state index is 12.6. The van der Waals surface area contributed by atoms with Gasteiger partial charge in [-0.1, -0.05) is 13.8 Å². The Morgan fingerprint density at radius 1 is 1.33 bits per heavy atom. The monoisotopic (exact) mass is 351 g/mol. The van der Waals surface area contributed by atoms with Gasteiger partial charge < -0.3 is 0 Å². The van der Waals surface area contributed by atoms with Crippen molar-refractivity contribution in [1.82, 2.24) is 4.31 Å². The topological polar surface area (TPSA) is 37.4 Å². The molecule has 0 radical (unpaired) electrons. The van der Waals surface area contributed by atoms with Gasteiger partial charge in [0.05, 0.1) is 3.79 Å². The van der Waals surface area contributed by atoms with E-state index in [1.807, 2.05) is 6.92 Å². The molecule has 1 aromatic heterocycles. The van der Waals surface area contributed by atoms with Crippen molar-refractivity contribution < 1.29 is 8.42 Å². The summed E-state index contributed by atoms with van der Waals surface area (Å²) in [5.74, 6) is 0.835. The summed E-state index contributed by atoms with van der Waals surface area (Å²) in [6.07, 6.45) is 1.10. The van der Waals surface area contributed by atoms with Crippen LogP contribution < -0.4 is 0 Å². The van der Waals surface area contributed by atoms with E-state index in [-0.39, 0.29) is 6.04 Å². The van der Waals surface area contributed by atoms with Crippen molar-refractivity contribution in [1.29, 1.82) is 0 Å². The molecule has 3 unspecified atom stereocenters. The van der Waals surface area contributed by atoms with Crippen molar-refractivity contribution in [3.05, 3.63) is 15.9 Å². The van der Waals surface area contributed by atoms with E-state index in [4.69, 9.17) is 0 Å². The number of halogens is 1. The Kier molecular flexibility index (Phi) is 4.21. The van der Waals surface area contributed by atoms with Crippen LogP contribution in [0.25, 0.3) is 0 Å². The van der Waals surface area contributed by atoms with E-state index in [1.165, 1.54) is 11.3 Å². The van der Waals surface area contributed by atoms with E-state index >= 15 is 0 Å². The Balaban J connectivity index is 2.34. The molecule has 2 rings (SSSR count). The molecule has 102 valence electrons. The first kappa shape index (κ1) is 14.5. The summed E-state index contributed by atoms with van der Waals surface area (Å²) >= 11 is 4.60. The van der Waals surface area contributed by atoms with Gasteiger partial charge in [0, 0.05) is 12.6 Å². The van der Waals surface area contributed by atoms with Crippen LogP contribution in [-0.4, -0.2) is 25.3 Å². The second kappa shape index (κ2) is 5.23. The summed E-state index contributed by atoms with van der Waals surface area (Å²) in [6, 6.07) is 3.55. The zero-order valence-electron chi connectivity index (χ0n) is 10.8. The largest absolute Gasteiger partial charge is 0.252 e. The molecule has 3 atom stereocenters. The Bertz CT molecular complexity index is 526. The fraction of sp³-hybridized carbons (Fsp3) is 0.667. The first-order chi connectivity index (χ1) is 8.32. The van der Waals surface area contributed by atoms with Gasteiger partial charge in [0.15, 0.2) is 0 Å². The summed E-state index contributed by atoms with van der Waals surface area (Å²) in [4.78, 5) is 0. The van der Waals surface area contributed by atoms with Crippen LogP contribution in [0.5, 0.6) is 0 Å². The summed E-state index contributed by atoms with van der Waals surface area (Å²) in [5.41, 5.74) is 0. The van der Waals surface area contributed by atoms with Gasteiger partial charge in [0.1, 0.15) is 4.21 Å². The van der Waals surface area contributed by atoms with Crippen molar-refractivity contribution in [2.45, 2.75) is 37.4 Å². The molecule has 0 aliphatic carbocycles. The molecule has 1 aliphatic rings. The van der Waals surface area contributed by atoms with Crippen molar-refractivity contribution in [3.63, 3.8) is 0 Å². The second-order valence-corrected chi connectivity index (χ2v) is 9.77. The zero-order chi connectivity index (χ0) is 13.5. The fourth-order valence-electron chi connectivity index (χ4n) is 2.53. The maximum atomic E-state index is 12.6. The van der Waals surface area contributed by atoms with E-state index in [0.29, 0.717) is 22.6 Å². The Hall–Kier alpha value is 0.0900. The Labute approximate surface area is 121 Å². The molecule has 0 aromatic carbocycles. The van der Waals surface area contributed by atoms with Gasteiger partial charge in [-0.15, -0.1) is 11.3 Å². The van der Waals surface area contributed by atoms with Gasteiger partial charge in [-0.05, 0) is 53.2 Å². The van der Waals surface area contributed by atoms with Crippen LogP contribution in [0.4, 0.5) is 0 Å². The number of rotatable bonds is 2. The molecule has 3 nitrogen and oxygen atoms in total. The van der Waals surface area contributed by atoms with Gasteiger partial charge in [-0.3, -0.25) is 0 Å². The van der Waals surface area contributed by atoms with Crippen LogP contribution >= 0.6 is 27.3 Å². The van der Waals surface area contributed by atoms with Gasteiger partial charge in [0.2, 0.25) is 0 Å². The van der Waals surface area contributed by atoms with Gasteiger partial charge in [-0.25, -0.2) is 8.42 Å². The number of piperidine rings is 1. The average molecular weight is 352 g/mol. The molecule has 0 amide bonds. The van der Waals surface area contributed by atoms with E-state index in [2.05, 4.69) is 29.8 Å². The highest BCUT2D eigenvalue weighted by atomic mass is 79.9. The molecule has 1 aromatic rings. The summed E-state index contributed by atoms with van der Waals surface area (Å²) in [6.45, 7) is 6.89. The molecule has 0 saturated carbocycles. The van der Waals surface area contributed by atoms with Crippen LogP contribution in [0.15, 0.2) is 20.1 Å². The van der Waals surface area contributed by atoms with Crippen LogP contribution in [0, 0.1) is 11.8 Å². The Morgan fingerprint density at radius 3 is 2.56 bits per heavy atom. The maximum Gasteiger partial charge on any atom is 0.252 e. The lowest BCUT2D eigenvalue weighted by Crippen LogP contribution is -2.48. The highest BCUT2D eigenvalue weighted by Crippen LogP contribution is 2.34. The average Bonchev–Trinajstić information content (AvgIpc) is 2.70. The number of thiophene rings is 1.